The van der Waals surface area contributed by atoms with Crippen LogP contribution in [0, 0.1) is 5.92 Å². The highest BCUT2D eigenvalue weighted by Crippen LogP contribution is 2.29. The van der Waals surface area contributed by atoms with Gasteiger partial charge in [-0.3, -0.25) is 10.1 Å². The summed E-state index contributed by atoms with van der Waals surface area (Å²) in [4.78, 5) is 12.6. The molecular weight excluding hydrogens is 372 g/mol. The molecule has 0 radical (unpaired) electrons. The first-order valence-electron chi connectivity index (χ1n) is 9.14. The lowest BCUT2D eigenvalue weighted by Crippen LogP contribution is -2.45. The van der Waals surface area contributed by atoms with E-state index in [2.05, 4.69) is 10.5 Å². The fourth-order valence-corrected chi connectivity index (χ4v) is 4.13. The molecule has 2 atom stereocenters. The largest absolute Gasteiger partial charge is 0.392 e. The molecule has 1 unspecified atom stereocenters. The van der Waals surface area contributed by atoms with Gasteiger partial charge in [-0.2, -0.15) is 0 Å². The van der Waals surface area contributed by atoms with Crippen molar-refractivity contribution in [3.63, 3.8) is 0 Å². The van der Waals surface area contributed by atoms with Gasteiger partial charge in [0.25, 0.3) is 0 Å². The second-order valence-electron chi connectivity index (χ2n) is 8.28. The van der Waals surface area contributed by atoms with E-state index in [0.717, 1.165) is 6.42 Å². The highest BCUT2D eigenvalue weighted by Gasteiger charge is 2.42. The van der Waals surface area contributed by atoms with Crippen molar-refractivity contribution in [3.05, 3.63) is 11.8 Å². The quantitative estimate of drug-likeness (QED) is 0.681. The molecule has 0 spiro atoms. The molecule has 1 aromatic heterocycles. The van der Waals surface area contributed by atoms with E-state index in [1.54, 1.807) is 20.8 Å². The van der Waals surface area contributed by atoms with Crippen molar-refractivity contribution in [1.29, 1.82) is 0 Å². The molecule has 0 saturated carbocycles. The minimum atomic E-state index is -3.67. The second-order valence-corrected chi connectivity index (χ2v) is 10.9. The average Bonchev–Trinajstić information content (AvgIpc) is 3.24. The molecule has 2 N–H and O–H groups in total. The van der Waals surface area contributed by atoms with Crippen molar-refractivity contribution >= 4 is 21.6 Å². The first-order valence-corrected chi connectivity index (χ1v) is 10.8. The number of nitrogens with zero attached hydrogens (tertiary/aromatic N) is 1. The van der Waals surface area contributed by atoms with E-state index < -0.39 is 32.0 Å². The number of hydrogen-bond acceptors (Lipinski definition) is 7. The van der Waals surface area contributed by atoms with Crippen molar-refractivity contribution < 1.29 is 27.6 Å². The summed E-state index contributed by atoms with van der Waals surface area (Å²) in [7, 11) is -3.67. The van der Waals surface area contributed by atoms with Crippen LogP contribution >= 0.6 is 0 Å². The minimum Gasteiger partial charge on any atom is -0.392 e. The number of rotatable bonds is 8. The van der Waals surface area contributed by atoms with Gasteiger partial charge in [0, 0.05) is 24.7 Å². The molecule has 27 heavy (non-hydrogen) atoms. The van der Waals surface area contributed by atoms with Crippen LogP contribution in [-0.4, -0.2) is 54.4 Å². The Balaban J connectivity index is 2.06. The van der Waals surface area contributed by atoms with E-state index in [4.69, 9.17) is 9.26 Å². The molecule has 0 aromatic carbocycles. The molecule has 2 rings (SSSR count). The Hall–Kier alpha value is -1.45. The number of ether oxygens (including phenoxy) is 1. The molecule has 154 valence electrons. The van der Waals surface area contributed by atoms with Gasteiger partial charge >= 0.3 is 0 Å². The third-order valence-electron chi connectivity index (χ3n) is 5.59. The molecular formula is C18H30N2O6S. The molecule has 2 heterocycles. The van der Waals surface area contributed by atoms with Crippen LogP contribution in [0.2, 0.25) is 0 Å². The summed E-state index contributed by atoms with van der Waals surface area (Å²) >= 11 is 0. The third kappa shape index (κ3) is 4.70. The van der Waals surface area contributed by atoms with E-state index in [1.165, 1.54) is 19.9 Å². The number of amides is 1. The summed E-state index contributed by atoms with van der Waals surface area (Å²) in [6.45, 7) is 9.23. The number of sulfone groups is 1. The molecule has 1 amide bonds. The van der Waals surface area contributed by atoms with Gasteiger partial charge in [-0.25, -0.2) is 8.42 Å². The summed E-state index contributed by atoms with van der Waals surface area (Å²) in [6, 6.07) is 1.50. The first-order chi connectivity index (χ1) is 12.4. The number of aliphatic hydroxyl groups excluding tert-OH is 1. The minimum absolute atomic E-state index is 0.0520. The summed E-state index contributed by atoms with van der Waals surface area (Å²) in [5, 5.41) is 16.2. The van der Waals surface area contributed by atoms with Gasteiger partial charge in [0.1, 0.15) is 4.75 Å². The fraction of sp³-hybridized carbons (Fsp3) is 0.778. The zero-order chi connectivity index (χ0) is 20.5. The molecule has 1 fully saturated rings. The summed E-state index contributed by atoms with van der Waals surface area (Å²) in [6.07, 6.45) is 0.651. The molecule has 9 heteroatoms. The van der Waals surface area contributed by atoms with Crippen LogP contribution in [0.4, 0.5) is 5.88 Å². The Morgan fingerprint density at radius 3 is 2.63 bits per heavy atom. The van der Waals surface area contributed by atoms with Gasteiger partial charge in [0.2, 0.25) is 11.8 Å². The van der Waals surface area contributed by atoms with E-state index >= 15 is 0 Å². The van der Waals surface area contributed by atoms with Crippen LogP contribution in [0.25, 0.3) is 0 Å². The lowest BCUT2D eigenvalue weighted by Gasteiger charge is -2.25. The number of carbonyl (C=O) groups excluding carboxylic acids is 1. The van der Waals surface area contributed by atoms with E-state index in [0.29, 0.717) is 25.3 Å². The molecule has 1 aliphatic rings. The first kappa shape index (κ1) is 21.8. The van der Waals surface area contributed by atoms with Crippen LogP contribution in [0.5, 0.6) is 0 Å². The lowest BCUT2D eigenvalue weighted by atomic mass is 9.84. The highest BCUT2D eigenvalue weighted by atomic mass is 32.2. The number of aromatic nitrogens is 1. The SMILES string of the molecule is CC(O)C(C)(C)c1cc(NC(=O)C(C)(C)S(=O)(=O)CC[C@H]2CCOC2)on1. The van der Waals surface area contributed by atoms with Crippen LogP contribution in [0.1, 0.15) is 53.2 Å². The molecule has 1 saturated heterocycles. The monoisotopic (exact) mass is 402 g/mol. The lowest BCUT2D eigenvalue weighted by molar-refractivity contribution is -0.118. The number of aliphatic hydroxyl groups is 1. The average molecular weight is 403 g/mol. The zero-order valence-corrected chi connectivity index (χ0v) is 17.4. The van der Waals surface area contributed by atoms with Crippen molar-refractivity contribution in [2.24, 2.45) is 5.92 Å². The summed E-state index contributed by atoms with van der Waals surface area (Å²) in [5.41, 5.74) is -0.202. The van der Waals surface area contributed by atoms with E-state index in [-0.39, 0.29) is 17.6 Å². The van der Waals surface area contributed by atoms with E-state index in [9.17, 15) is 18.3 Å². The summed E-state index contributed by atoms with van der Waals surface area (Å²) in [5.74, 6) is -0.477. The topological polar surface area (TPSA) is 119 Å². The van der Waals surface area contributed by atoms with Gasteiger partial charge in [0.05, 0.1) is 17.6 Å². The Kier molecular flexibility index (Phi) is 6.38. The molecule has 0 aliphatic carbocycles. The Bertz CT molecular complexity index is 761. The van der Waals surface area contributed by atoms with Crippen molar-refractivity contribution in [1.82, 2.24) is 5.16 Å². The van der Waals surface area contributed by atoms with Crippen LogP contribution in [0.3, 0.4) is 0 Å². The highest BCUT2D eigenvalue weighted by molar-refractivity contribution is 7.93. The van der Waals surface area contributed by atoms with Gasteiger partial charge in [0.15, 0.2) is 9.84 Å². The van der Waals surface area contributed by atoms with Crippen LogP contribution < -0.4 is 5.32 Å². The van der Waals surface area contributed by atoms with E-state index in [1.807, 2.05) is 0 Å². The Morgan fingerprint density at radius 2 is 2.07 bits per heavy atom. The van der Waals surface area contributed by atoms with Crippen LogP contribution in [0.15, 0.2) is 10.6 Å². The van der Waals surface area contributed by atoms with Gasteiger partial charge in [-0.15, -0.1) is 0 Å². The second kappa shape index (κ2) is 7.89. The van der Waals surface area contributed by atoms with Crippen molar-refractivity contribution in [3.8, 4) is 0 Å². The van der Waals surface area contributed by atoms with Crippen molar-refractivity contribution in [2.45, 2.75) is 63.7 Å². The fourth-order valence-electron chi connectivity index (χ4n) is 2.64. The third-order valence-corrected chi connectivity index (χ3v) is 8.11. The maximum absolute atomic E-state index is 12.7. The van der Waals surface area contributed by atoms with Gasteiger partial charge in [-0.05, 0) is 39.5 Å². The predicted molar refractivity (Wildman–Crippen MR) is 101 cm³/mol. The standard InChI is InChI=1S/C18H30N2O6S/c1-12(21)17(2,3)14-10-15(26-20-14)19-16(22)18(4,5)27(23,24)9-7-13-6-8-25-11-13/h10,12-13,21H,6-9,11H2,1-5H3,(H,19,22)/t12?,13-/m1/s1. The molecule has 1 aromatic rings. The normalized spacial score (nSPS) is 19.9. The molecule has 0 bridgehead atoms. The maximum atomic E-state index is 12.7. The Labute approximate surface area is 160 Å². The smallest absolute Gasteiger partial charge is 0.247 e. The Morgan fingerprint density at radius 1 is 1.41 bits per heavy atom. The van der Waals surface area contributed by atoms with Gasteiger partial charge in [-0.1, -0.05) is 19.0 Å². The van der Waals surface area contributed by atoms with Gasteiger partial charge < -0.3 is 14.4 Å². The number of carbonyl (C=O) groups is 1. The number of hydrogen-bond donors (Lipinski definition) is 2. The number of nitrogens with one attached hydrogen (secondary N) is 1. The molecule has 8 nitrogen and oxygen atoms in total. The summed E-state index contributed by atoms with van der Waals surface area (Å²) < 4.78 is 34.2. The van der Waals surface area contributed by atoms with Crippen LogP contribution in [-0.2, 0) is 24.8 Å². The van der Waals surface area contributed by atoms with Crippen molar-refractivity contribution in [2.75, 3.05) is 24.3 Å². The predicted octanol–water partition coefficient (Wildman–Crippen LogP) is 1.89. The number of anilines is 1. The zero-order valence-electron chi connectivity index (χ0n) is 16.6. The molecule has 1 aliphatic heterocycles. The maximum Gasteiger partial charge on any atom is 0.247 e.